The Balaban J connectivity index is 1.52. The Morgan fingerprint density at radius 1 is 1.26 bits per heavy atom. The monoisotopic (exact) mass is 318 g/mol. The van der Waals surface area contributed by atoms with Crippen molar-refractivity contribution in [2.24, 2.45) is 0 Å². The summed E-state index contributed by atoms with van der Waals surface area (Å²) in [7, 11) is 0. The number of aromatic nitrogens is 3. The fourth-order valence-corrected chi connectivity index (χ4v) is 2.58. The number of hydrogen-bond acceptors (Lipinski definition) is 4. The van der Waals surface area contributed by atoms with E-state index in [1.54, 1.807) is 17.0 Å². The van der Waals surface area contributed by atoms with Crippen LogP contribution in [-0.2, 0) is 0 Å². The summed E-state index contributed by atoms with van der Waals surface area (Å²) in [5.41, 5.74) is 0.875. The molecule has 2 aromatic rings. The number of halogens is 1. The SMILES string of the molecule is CC(NC(=O)N1CCN(c2ncn[nH]2)CC1)c1ccc(F)cc1. The van der Waals surface area contributed by atoms with Crippen molar-refractivity contribution in [2.45, 2.75) is 13.0 Å². The van der Waals surface area contributed by atoms with E-state index in [9.17, 15) is 9.18 Å². The highest BCUT2D eigenvalue weighted by molar-refractivity contribution is 5.75. The molecule has 0 aliphatic carbocycles. The van der Waals surface area contributed by atoms with E-state index in [-0.39, 0.29) is 17.9 Å². The van der Waals surface area contributed by atoms with Gasteiger partial charge in [0.15, 0.2) is 0 Å². The van der Waals surface area contributed by atoms with E-state index in [4.69, 9.17) is 0 Å². The average molecular weight is 318 g/mol. The number of nitrogens with one attached hydrogen (secondary N) is 2. The number of rotatable bonds is 3. The molecule has 122 valence electrons. The fourth-order valence-electron chi connectivity index (χ4n) is 2.58. The predicted molar refractivity (Wildman–Crippen MR) is 83.5 cm³/mol. The third kappa shape index (κ3) is 3.58. The molecule has 1 unspecified atom stereocenters. The molecule has 1 aliphatic rings. The number of aromatic amines is 1. The van der Waals surface area contributed by atoms with Gasteiger partial charge in [0.1, 0.15) is 12.1 Å². The number of nitrogens with zero attached hydrogens (tertiary/aromatic N) is 4. The number of benzene rings is 1. The number of H-pyrrole nitrogens is 1. The number of urea groups is 1. The Bertz CT molecular complexity index is 636. The van der Waals surface area contributed by atoms with Crippen molar-refractivity contribution < 1.29 is 9.18 Å². The maximum Gasteiger partial charge on any atom is 0.317 e. The lowest BCUT2D eigenvalue weighted by Crippen LogP contribution is -2.52. The molecule has 23 heavy (non-hydrogen) atoms. The number of carbonyl (C=O) groups is 1. The molecule has 2 amide bonds. The Morgan fingerprint density at radius 3 is 2.57 bits per heavy atom. The zero-order valence-electron chi connectivity index (χ0n) is 12.9. The maximum absolute atomic E-state index is 12.9. The van der Waals surface area contributed by atoms with E-state index in [1.807, 2.05) is 6.92 Å². The molecular weight excluding hydrogens is 299 g/mol. The normalized spacial score (nSPS) is 16.3. The second kappa shape index (κ2) is 6.64. The predicted octanol–water partition coefficient (Wildman–Crippen LogP) is 1.54. The molecule has 0 saturated carbocycles. The first kappa shape index (κ1) is 15.3. The summed E-state index contributed by atoms with van der Waals surface area (Å²) in [6, 6.07) is 5.88. The Morgan fingerprint density at radius 2 is 1.96 bits per heavy atom. The average Bonchev–Trinajstić information content (AvgIpc) is 3.10. The van der Waals surface area contributed by atoms with E-state index in [0.717, 1.165) is 11.5 Å². The highest BCUT2D eigenvalue weighted by Crippen LogP contribution is 2.14. The van der Waals surface area contributed by atoms with Crippen LogP contribution in [0.2, 0.25) is 0 Å². The molecule has 1 aromatic carbocycles. The molecule has 2 N–H and O–H groups in total. The molecular formula is C15H19FN6O. The molecule has 0 spiro atoms. The van der Waals surface area contributed by atoms with Gasteiger partial charge in [-0.25, -0.2) is 14.3 Å². The van der Waals surface area contributed by atoms with Gasteiger partial charge in [0, 0.05) is 26.2 Å². The lowest BCUT2D eigenvalue weighted by Gasteiger charge is -2.35. The van der Waals surface area contributed by atoms with Gasteiger partial charge in [0.05, 0.1) is 6.04 Å². The van der Waals surface area contributed by atoms with E-state index < -0.39 is 0 Å². The quantitative estimate of drug-likeness (QED) is 0.900. The number of piperazine rings is 1. The summed E-state index contributed by atoms with van der Waals surface area (Å²) in [6.45, 7) is 4.52. The van der Waals surface area contributed by atoms with Gasteiger partial charge in [0.2, 0.25) is 5.95 Å². The molecule has 8 heteroatoms. The molecule has 1 fully saturated rings. The fraction of sp³-hybridized carbons (Fsp3) is 0.400. The second-order valence-electron chi connectivity index (χ2n) is 5.51. The standard InChI is InChI=1S/C15H19FN6O/c1-11(12-2-4-13(16)5-3-12)19-15(23)22-8-6-21(7-9-22)14-17-10-18-20-14/h2-5,10-11H,6-9H2,1H3,(H,19,23)(H,17,18,20). The van der Waals surface area contributed by atoms with E-state index in [2.05, 4.69) is 25.4 Å². The van der Waals surface area contributed by atoms with Crippen LogP contribution in [-0.4, -0.2) is 52.3 Å². The van der Waals surface area contributed by atoms with Crippen LogP contribution in [0.1, 0.15) is 18.5 Å². The van der Waals surface area contributed by atoms with Crippen LogP contribution < -0.4 is 10.2 Å². The molecule has 1 aromatic heterocycles. The summed E-state index contributed by atoms with van der Waals surface area (Å²) in [5, 5.41) is 9.60. The lowest BCUT2D eigenvalue weighted by atomic mass is 10.1. The van der Waals surface area contributed by atoms with Crippen molar-refractivity contribution in [3.05, 3.63) is 42.0 Å². The number of amides is 2. The zero-order valence-corrected chi connectivity index (χ0v) is 12.9. The first-order valence-electron chi connectivity index (χ1n) is 7.54. The lowest BCUT2D eigenvalue weighted by molar-refractivity contribution is 0.191. The Labute approximate surface area is 133 Å². The van der Waals surface area contributed by atoms with Crippen molar-refractivity contribution in [1.82, 2.24) is 25.4 Å². The van der Waals surface area contributed by atoms with Crippen LogP contribution >= 0.6 is 0 Å². The highest BCUT2D eigenvalue weighted by atomic mass is 19.1. The topological polar surface area (TPSA) is 77.2 Å². The van der Waals surface area contributed by atoms with Gasteiger partial charge in [-0.2, -0.15) is 10.1 Å². The molecule has 0 radical (unpaired) electrons. The minimum Gasteiger partial charge on any atom is -0.338 e. The van der Waals surface area contributed by atoms with Crippen molar-refractivity contribution in [2.75, 3.05) is 31.1 Å². The van der Waals surface area contributed by atoms with Gasteiger partial charge >= 0.3 is 6.03 Å². The van der Waals surface area contributed by atoms with Crippen molar-refractivity contribution in [3.63, 3.8) is 0 Å². The van der Waals surface area contributed by atoms with Gasteiger partial charge in [-0.15, -0.1) is 0 Å². The largest absolute Gasteiger partial charge is 0.338 e. The third-order valence-electron chi connectivity index (χ3n) is 3.98. The Hall–Kier alpha value is -2.64. The molecule has 0 bridgehead atoms. The third-order valence-corrected chi connectivity index (χ3v) is 3.98. The van der Waals surface area contributed by atoms with Crippen LogP contribution in [0.3, 0.4) is 0 Å². The maximum atomic E-state index is 12.9. The van der Waals surface area contributed by atoms with Crippen LogP contribution in [0, 0.1) is 5.82 Å². The molecule has 7 nitrogen and oxygen atoms in total. The van der Waals surface area contributed by atoms with Crippen LogP contribution in [0.4, 0.5) is 15.1 Å². The smallest absolute Gasteiger partial charge is 0.317 e. The van der Waals surface area contributed by atoms with Crippen LogP contribution in [0.5, 0.6) is 0 Å². The summed E-state index contributed by atoms with van der Waals surface area (Å²) >= 11 is 0. The number of carbonyl (C=O) groups excluding carboxylic acids is 1. The summed E-state index contributed by atoms with van der Waals surface area (Å²) in [5.74, 6) is 0.445. The molecule has 1 saturated heterocycles. The minimum absolute atomic E-state index is 0.112. The Kier molecular flexibility index (Phi) is 4.40. The van der Waals surface area contributed by atoms with E-state index in [1.165, 1.54) is 18.5 Å². The summed E-state index contributed by atoms with van der Waals surface area (Å²) < 4.78 is 12.9. The molecule has 1 atom stereocenters. The van der Waals surface area contributed by atoms with Gasteiger partial charge in [-0.1, -0.05) is 12.1 Å². The number of anilines is 1. The van der Waals surface area contributed by atoms with E-state index >= 15 is 0 Å². The molecule has 3 rings (SSSR count). The highest BCUT2D eigenvalue weighted by Gasteiger charge is 2.23. The number of hydrogen-bond donors (Lipinski definition) is 2. The van der Waals surface area contributed by atoms with Crippen molar-refractivity contribution in [3.8, 4) is 0 Å². The molecule has 1 aliphatic heterocycles. The summed E-state index contributed by atoms with van der Waals surface area (Å²) in [4.78, 5) is 20.3. The first-order chi connectivity index (χ1) is 11.1. The first-order valence-corrected chi connectivity index (χ1v) is 7.54. The van der Waals surface area contributed by atoms with Crippen molar-refractivity contribution >= 4 is 12.0 Å². The van der Waals surface area contributed by atoms with Crippen molar-refractivity contribution in [1.29, 1.82) is 0 Å². The van der Waals surface area contributed by atoms with Crippen LogP contribution in [0.15, 0.2) is 30.6 Å². The molecule has 2 heterocycles. The zero-order chi connectivity index (χ0) is 16.2. The van der Waals surface area contributed by atoms with Gasteiger partial charge < -0.3 is 15.1 Å². The van der Waals surface area contributed by atoms with Gasteiger partial charge in [0.25, 0.3) is 0 Å². The summed E-state index contributed by atoms with van der Waals surface area (Å²) in [6.07, 6.45) is 1.47. The van der Waals surface area contributed by atoms with Crippen LogP contribution in [0.25, 0.3) is 0 Å². The van der Waals surface area contributed by atoms with E-state index in [0.29, 0.717) is 26.2 Å². The second-order valence-corrected chi connectivity index (χ2v) is 5.51. The van der Waals surface area contributed by atoms with Gasteiger partial charge in [-0.3, -0.25) is 0 Å². The minimum atomic E-state index is -0.282. The van der Waals surface area contributed by atoms with Gasteiger partial charge in [-0.05, 0) is 24.6 Å².